The van der Waals surface area contributed by atoms with Crippen LogP contribution >= 0.6 is 23.4 Å². The normalized spacial score (nSPS) is 14.3. The number of carbonyl (C=O) groups excluding carboxylic acids is 3. The van der Waals surface area contributed by atoms with Crippen molar-refractivity contribution in [1.82, 2.24) is 0 Å². The lowest BCUT2D eigenvalue weighted by Crippen LogP contribution is -2.41. The molecule has 140 valence electrons. The Morgan fingerprint density at radius 1 is 1.22 bits per heavy atom. The highest BCUT2D eigenvalue weighted by Crippen LogP contribution is 2.34. The van der Waals surface area contributed by atoms with Gasteiger partial charge in [-0.05, 0) is 43.3 Å². The molecule has 0 spiro atoms. The molecule has 1 N–H and O–H groups in total. The fourth-order valence-corrected chi connectivity index (χ4v) is 3.58. The molecule has 0 unspecified atom stereocenters. The van der Waals surface area contributed by atoms with Gasteiger partial charge in [-0.2, -0.15) is 0 Å². The molecule has 0 fully saturated rings. The van der Waals surface area contributed by atoms with Crippen molar-refractivity contribution < 1.29 is 19.1 Å². The van der Waals surface area contributed by atoms with Crippen molar-refractivity contribution >= 4 is 52.5 Å². The molecule has 0 saturated heterocycles. The highest BCUT2D eigenvalue weighted by atomic mass is 35.5. The number of nitrogens with one attached hydrogen (secondary N) is 1. The molecule has 0 saturated carbocycles. The molecule has 27 heavy (non-hydrogen) atoms. The van der Waals surface area contributed by atoms with Crippen LogP contribution in [0.2, 0.25) is 5.02 Å². The zero-order chi connectivity index (χ0) is 19.4. The summed E-state index contributed by atoms with van der Waals surface area (Å²) in [6.07, 6.45) is -1.00. The molecule has 2 aromatic rings. The summed E-state index contributed by atoms with van der Waals surface area (Å²) < 4.78 is 5.20. The number of thioether (sulfide) groups is 1. The van der Waals surface area contributed by atoms with E-state index in [2.05, 4.69) is 5.32 Å². The maximum atomic E-state index is 12.3. The quantitative estimate of drug-likeness (QED) is 0.773. The van der Waals surface area contributed by atoms with Gasteiger partial charge in [0.15, 0.2) is 6.10 Å². The summed E-state index contributed by atoms with van der Waals surface area (Å²) in [5.41, 5.74) is 1.22. The Balaban J connectivity index is 1.59. The number of rotatable bonds is 5. The van der Waals surface area contributed by atoms with Crippen LogP contribution < -0.4 is 10.2 Å². The number of esters is 1. The molecule has 1 aliphatic rings. The number of carbonyl (C=O) groups is 3. The van der Waals surface area contributed by atoms with Gasteiger partial charge >= 0.3 is 5.97 Å². The predicted octanol–water partition coefficient (Wildman–Crippen LogP) is 3.35. The number of hydrogen-bond acceptors (Lipinski definition) is 5. The fourth-order valence-electron chi connectivity index (χ4n) is 2.52. The van der Waals surface area contributed by atoms with E-state index in [-0.39, 0.29) is 18.2 Å². The Kier molecular flexibility index (Phi) is 6.03. The van der Waals surface area contributed by atoms with Crippen LogP contribution in [0, 0.1) is 0 Å². The highest BCUT2D eigenvalue weighted by molar-refractivity contribution is 8.00. The Hall–Kier alpha value is -2.51. The van der Waals surface area contributed by atoms with Crippen molar-refractivity contribution in [2.45, 2.75) is 17.9 Å². The van der Waals surface area contributed by atoms with Crippen molar-refractivity contribution in [1.29, 1.82) is 0 Å². The van der Waals surface area contributed by atoms with E-state index in [9.17, 15) is 14.4 Å². The molecule has 8 heteroatoms. The summed E-state index contributed by atoms with van der Waals surface area (Å²) in [5, 5.41) is 3.20. The summed E-state index contributed by atoms with van der Waals surface area (Å²) in [7, 11) is 0. The molecule has 1 atom stereocenters. The van der Waals surface area contributed by atoms with Crippen LogP contribution in [0.5, 0.6) is 0 Å². The number of nitrogens with zero attached hydrogens (tertiary/aromatic N) is 1. The minimum absolute atomic E-state index is 0.172. The average Bonchev–Trinajstić information content (AvgIpc) is 2.66. The van der Waals surface area contributed by atoms with Gasteiger partial charge in [-0.15, -0.1) is 11.8 Å². The molecule has 0 aliphatic carbocycles. The van der Waals surface area contributed by atoms with Gasteiger partial charge in [-0.3, -0.25) is 19.3 Å². The largest absolute Gasteiger partial charge is 0.451 e. The van der Waals surface area contributed by atoms with E-state index in [0.717, 1.165) is 4.90 Å². The van der Waals surface area contributed by atoms with Crippen molar-refractivity contribution in [3.8, 4) is 0 Å². The van der Waals surface area contributed by atoms with Gasteiger partial charge in [0.05, 0.1) is 11.4 Å². The Bertz CT molecular complexity index is 872. The van der Waals surface area contributed by atoms with Gasteiger partial charge in [0.1, 0.15) is 6.54 Å². The van der Waals surface area contributed by atoms with Crippen LogP contribution in [0.15, 0.2) is 53.4 Å². The maximum Gasteiger partial charge on any atom is 0.326 e. The smallest absolute Gasteiger partial charge is 0.326 e. The van der Waals surface area contributed by atoms with Crippen molar-refractivity contribution in [2.75, 3.05) is 22.5 Å². The number of halogens is 1. The second-order valence-corrected chi connectivity index (χ2v) is 7.32. The molecule has 1 heterocycles. The number of amides is 2. The number of fused-ring (bicyclic) bond motifs is 1. The molecule has 0 radical (unpaired) electrons. The van der Waals surface area contributed by atoms with E-state index < -0.39 is 18.0 Å². The van der Waals surface area contributed by atoms with Gasteiger partial charge in [0.2, 0.25) is 5.91 Å². The van der Waals surface area contributed by atoms with E-state index in [1.54, 1.807) is 36.4 Å². The van der Waals surface area contributed by atoms with Crippen molar-refractivity contribution in [3.63, 3.8) is 0 Å². The van der Waals surface area contributed by atoms with Gasteiger partial charge in [-0.1, -0.05) is 23.7 Å². The summed E-state index contributed by atoms with van der Waals surface area (Å²) in [5.74, 6) is -1.03. The first-order valence-electron chi connectivity index (χ1n) is 8.22. The molecule has 3 rings (SSSR count). The van der Waals surface area contributed by atoms with Crippen LogP contribution in [0.25, 0.3) is 0 Å². The monoisotopic (exact) mass is 404 g/mol. The van der Waals surface area contributed by atoms with E-state index >= 15 is 0 Å². The third-order valence-electron chi connectivity index (χ3n) is 3.88. The number of hydrogen-bond donors (Lipinski definition) is 1. The Labute approximate surface area is 165 Å². The first-order valence-corrected chi connectivity index (χ1v) is 9.58. The molecule has 1 aliphatic heterocycles. The van der Waals surface area contributed by atoms with Crippen LogP contribution in [0.1, 0.15) is 6.92 Å². The molecular formula is C19H17ClN2O4S. The first kappa shape index (κ1) is 19.3. The third kappa shape index (κ3) is 4.81. The van der Waals surface area contributed by atoms with Crippen molar-refractivity contribution in [3.05, 3.63) is 53.6 Å². The van der Waals surface area contributed by atoms with Crippen molar-refractivity contribution in [2.24, 2.45) is 0 Å². The van der Waals surface area contributed by atoms with Crippen LogP contribution in [0.4, 0.5) is 11.4 Å². The van der Waals surface area contributed by atoms with Crippen LogP contribution in [0.3, 0.4) is 0 Å². The van der Waals surface area contributed by atoms with Gasteiger partial charge in [-0.25, -0.2) is 0 Å². The second kappa shape index (κ2) is 8.45. The van der Waals surface area contributed by atoms with E-state index in [1.165, 1.54) is 23.6 Å². The average molecular weight is 405 g/mol. The molecule has 2 amide bonds. The minimum atomic E-state index is -1.00. The summed E-state index contributed by atoms with van der Waals surface area (Å²) in [6.45, 7) is 1.24. The first-order chi connectivity index (χ1) is 12.9. The van der Waals surface area contributed by atoms with E-state index in [4.69, 9.17) is 16.3 Å². The second-order valence-electron chi connectivity index (χ2n) is 5.86. The van der Waals surface area contributed by atoms with Gasteiger partial charge < -0.3 is 10.1 Å². The lowest BCUT2D eigenvalue weighted by atomic mass is 10.2. The number of anilines is 2. The Morgan fingerprint density at radius 2 is 1.93 bits per heavy atom. The topological polar surface area (TPSA) is 75.7 Å². The number of para-hydroxylation sites is 1. The SMILES string of the molecule is C[C@H](OC(=O)CN1C(=O)CSc2ccccc21)C(=O)Nc1ccc(Cl)cc1. The molecule has 0 bridgehead atoms. The van der Waals surface area contributed by atoms with Crippen LogP contribution in [-0.4, -0.2) is 36.2 Å². The molecule has 6 nitrogen and oxygen atoms in total. The molecular weight excluding hydrogens is 388 g/mol. The van der Waals surface area contributed by atoms with Crippen LogP contribution in [-0.2, 0) is 19.1 Å². The van der Waals surface area contributed by atoms with E-state index in [1.807, 2.05) is 12.1 Å². The summed E-state index contributed by atoms with van der Waals surface area (Å²) in [6, 6.07) is 13.9. The zero-order valence-corrected chi connectivity index (χ0v) is 16.0. The fraction of sp³-hybridized carbons (Fsp3) is 0.211. The number of ether oxygens (including phenoxy) is 1. The zero-order valence-electron chi connectivity index (χ0n) is 14.5. The highest BCUT2D eigenvalue weighted by Gasteiger charge is 2.28. The molecule has 0 aromatic heterocycles. The maximum absolute atomic E-state index is 12.3. The summed E-state index contributed by atoms with van der Waals surface area (Å²) in [4.78, 5) is 38.9. The predicted molar refractivity (Wildman–Crippen MR) is 105 cm³/mol. The van der Waals surface area contributed by atoms with E-state index in [0.29, 0.717) is 16.4 Å². The number of benzene rings is 2. The van der Waals surface area contributed by atoms with Gasteiger partial charge in [0.25, 0.3) is 5.91 Å². The molecule has 2 aromatic carbocycles. The standard InChI is InChI=1S/C19H17ClN2O4S/c1-12(19(25)21-14-8-6-13(20)7-9-14)26-18(24)10-22-15-4-2-3-5-16(15)27-11-17(22)23/h2-9,12H,10-11H2,1H3,(H,21,25)/t12-/m0/s1. The summed E-state index contributed by atoms with van der Waals surface area (Å²) >= 11 is 7.24. The third-order valence-corrected chi connectivity index (χ3v) is 5.18. The van der Waals surface area contributed by atoms with Gasteiger partial charge in [0, 0.05) is 15.6 Å². The Morgan fingerprint density at radius 3 is 2.67 bits per heavy atom. The lowest BCUT2D eigenvalue weighted by molar-refractivity contribution is -0.152. The minimum Gasteiger partial charge on any atom is -0.451 e. The lowest BCUT2D eigenvalue weighted by Gasteiger charge is -2.28.